The highest BCUT2D eigenvalue weighted by atomic mass is 19.3. The van der Waals surface area contributed by atoms with E-state index in [2.05, 4.69) is 0 Å². The fraction of sp³-hybridized carbons (Fsp3) is 0.333. The van der Waals surface area contributed by atoms with Gasteiger partial charge < -0.3 is 9.47 Å². The van der Waals surface area contributed by atoms with Gasteiger partial charge in [0.05, 0.1) is 6.54 Å². The van der Waals surface area contributed by atoms with Crippen LogP contribution in [0.5, 0.6) is 0 Å². The van der Waals surface area contributed by atoms with Gasteiger partial charge in [0.25, 0.3) is 17.4 Å². The van der Waals surface area contributed by atoms with Crippen LogP contribution in [-0.4, -0.2) is 34.4 Å². The summed E-state index contributed by atoms with van der Waals surface area (Å²) in [5.41, 5.74) is -0.330. The summed E-state index contributed by atoms with van der Waals surface area (Å²) in [5.74, 6) is -3.77. The lowest BCUT2D eigenvalue weighted by Crippen LogP contribution is -2.44. The first-order valence-corrected chi connectivity index (χ1v) is 7.97. The van der Waals surface area contributed by atoms with Crippen molar-refractivity contribution in [3.63, 3.8) is 0 Å². The predicted octanol–water partition coefficient (Wildman–Crippen LogP) is 2.91. The summed E-state index contributed by atoms with van der Waals surface area (Å²) in [6, 6.07) is 8.95. The quantitative estimate of drug-likeness (QED) is 0.854. The van der Waals surface area contributed by atoms with Crippen LogP contribution in [-0.2, 0) is 6.54 Å². The molecule has 2 heterocycles. The minimum absolute atomic E-state index is 0.00923. The number of aromatic nitrogens is 1. The molecule has 0 spiro atoms. The van der Waals surface area contributed by atoms with Gasteiger partial charge in [0.2, 0.25) is 0 Å². The number of alkyl halides is 2. The van der Waals surface area contributed by atoms with Gasteiger partial charge in [-0.3, -0.25) is 9.59 Å². The van der Waals surface area contributed by atoms with E-state index in [1.165, 1.54) is 33.9 Å². The van der Waals surface area contributed by atoms with E-state index in [9.17, 15) is 22.8 Å². The number of likely N-dealkylation sites (tertiary alicyclic amines) is 1. The molecule has 1 aliphatic heterocycles. The van der Waals surface area contributed by atoms with Gasteiger partial charge in [-0.1, -0.05) is 18.2 Å². The molecule has 132 valence electrons. The highest BCUT2D eigenvalue weighted by molar-refractivity contribution is 5.93. The van der Waals surface area contributed by atoms with Gasteiger partial charge in [-0.2, -0.15) is 0 Å². The molecule has 0 saturated carbocycles. The monoisotopic (exact) mass is 350 g/mol. The third-order valence-electron chi connectivity index (χ3n) is 4.33. The number of nitrogens with zero attached hydrogens (tertiary/aromatic N) is 2. The van der Waals surface area contributed by atoms with Crippen LogP contribution >= 0.6 is 0 Å². The van der Waals surface area contributed by atoms with E-state index in [1.807, 2.05) is 0 Å². The summed E-state index contributed by atoms with van der Waals surface area (Å²) in [4.78, 5) is 26.3. The topological polar surface area (TPSA) is 42.3 Å². The van der Waals surface area contributed by atoms with Gasteiger partial charge in [-0.05, 0) is 18.2 Å². The largest absolute Gasteiger partial charge is 0.338 e. The maximum absolute atomic E-state index is 13.8. The number of halogens is 3. The zero-order chi connectivity index (χ0) is 18.0. The standard InChI is InChI=1S/C18H17F3N2O2/c19-15-6-2-1-4-13(15)12-23-9-3-5-14(17(23)25)16(24)22-10-7-18(20,21)8-11-22/h1-6,9H,7-8,10-12H2. The average molecular weight is 350 g/mol. The van der Waals surface area contributed by atoms with Crippen LogP contribution in [0.25, 0.3) is 0 Å². The van der Waals surface area contributed by atoms with Crippen molar-refractivity contribution in [3.05, 3.63) is 69.9 Å². The molecule has 2 aromatic rings. The van der Waals surface area contributed by atoms with E-state index in [-0.39, 0.29) is 25.2 Å². The Morgan fingerprint density at radius 2 is 1.76 bits per heavy atom. The molecular formula is C18H17F3N2O2. The maximum atomic E-state index is 13.8. The van der Waals surface area contributed by atoms with Crippen LogP contribution in [0.1, 0.15) is 28.8 Å². The molecule has 1 amide bonds. The molecule has 0 radical (unpaired) electrons. The van der Waals surface area contributed by atoms with E-state index in [0.717, 1.165) is 0 Å². The van der Waals surface area contributed by atoms with Crippen molar-refractivity contribution in [2.24, 2.45) is 0 Å². The van der Waals surface area contributed by atoms with Gasteiger partial charge in [-0.25, -0.2) is 13.2 Å². The molecule has 0 N–H and O–H groups in total. The first-order chi connectivity index (χ1) is 11.9. The fourth-order valence-electron chi connectivity index (χ4n) is 2.84. The van der Waals surface area contributed by atoms with Gasteiger partial charge in [0.1, 0.15) is 11.4 Å². The van der Waals surface area contributed by atoms with Crippen LogP contribution in [0.4, 0.5) is 13.2 Å². The summed E-state index contributed by atoms with van der Waals surface area (Å²) >= 11 is 0. The van der Waals surface area contributed by atoms with E-state index < -0.39 is 36.0 Å². The highest BCUT2D eigenvalue weighted by Gasteiger charge is 2.36. The molecule has 0 unspecified atom stereocenters. The number of amides is 1. The maximum Gasteiger partial charge on any atom is 0.263 e. The second-order valence-corrected chi connectivity index (χ2v) is 6.09. The Morgan fingerprint density at radius 1 is 1.08 bits per heavy atom. The molecule has 1 fully saturated rings. The first-order valence-electron chi connectivity index (χ1n) is 7.97. The van der Waals surface area contributed by atoms with Crippen molar-refractivity contribution in [2.75, 3.05) is 13.1 Å². The van der Waals surface area contributed by atoms with E-state index in [1.54, 1.807) is 18.2 Å². The smallest absolute Gasteiger partial charge is 0.263 e. The van der Waals surface area contributed by atoms with E-state index in [4.69, 9.17) is 0 Å². The second kappa shape index (κ2) is 6.74. The Labute approximate surface area is 142 Å². The van der Waals surface area contributed by atoms with Crippen molar-refractivity contribution in [1.82, 2.24) is 9.47 Å². The molecule has 3 rings (SSSR count). The number of rotatable bonds is 3. The zero-order valence-corrected chi connectivity index (χ0v) is 13.4. The molecule has 1 aromatic heterocycles. The number of piperidine rings is 1. The number of hydrogen-bond acceptors (Lipinski definition) is 2. The lowest BCUT2D eigenvalue weighted by Gasteiger charge is -2.31. The van der Waals surface area contributed by atoms with Gasteiger partial charge in [0, 0.05) is 37.7 Å². The molecule has 0 atom stereocenters. The SMILES string of the molecule is O=C(c1cccn(Cc2ccccc2F)c1=O)N1CCC(F)(F)CC1. The fourth-order valence-corrected chi connectivity index (χ4v) is 2.84. The number of pyridine rings is 1. The van der Waals surface area contributed by atoms with Gasteiger partial charge in [-0.15, -0.1) is 0 Å². The third-order valence-corrected chi connectivity index (χ3v) is 4.33. The van der Waals surface area contributed by atoms with Crippen molar-refractivity contribution in [3.8, 4) is 0 Å². The number of hydrogen-bond donors (Lipinski definition) is 0. The van der Waals surface area contributed by atoms with Crippen molar-refractivity contribution < 1.29 is 18.0 Å². The van der Waals surface area contributed by atoms with Crippen LogP contribution in [0, 0.1) is 5.82 Å². The van der Waals surface area contributed by atoms with Crippen molar-refractivity contribution >= 4 is 5.91 Å². The Kier molecular flexibility index (Phi) is 4.65. The van der Waals surface area contributed by atoms with Crippen LogP contribution in [0.2, 0.25) is 0 Å². The van der Waals surface area contributed by atoms with Crippen molar-refractivity contribution in [1.29, 1.82) is 0 Å². The Bertz CT molecular complexity index is 838. The Morgan fingerprint density at radius 3 is 2.44 bits per heavy atom. The first kappa shape index (κ1) is 17.3. The molecule has 0 aliphatic carbocycles. The van der Waals surface area contributed by atoms with Crippen LogP contribution in [0.15, 0.2) is 47.4 Å². The molecule has 1 aliphatic rings. The molecular weight excluding hydrogens is 333 g/mol. The predicted molar refractivity (Wildman–Crippen MR) is 86.3 cm³/mol. The van der Waals surface area contributed by atoms with Crippen molar-refractivity contribution in [2.45, 2.75) is 25.3 Å². The summed E-state index contributed by atoms with van der Waals surface area (Å²) in [6.07, 6.45) is 0.653. The van der Waals surface area contributed by atoms with Crippen LogP contribution in [0.3, 0.4) is 0 Å². The average Bonchev–Trinajstić information content (AvgIpc) is 2.58. The molecule has 25 heavy (non-hydrogen) atoms. The lowest BCUT2D eigenvalue weighted by molar-refractivity contribution is -0.0494. The summed E-state index contributed by atoms with van der Waals surface area (Å²) in [6.45, 7) is -0.189. The number of benzene rings is 1. The summed E-state index contributed by atoms with van der Waals surface area (Å²) in [7, 11) is 0. The number of carbonyl (C=O) groups is 1. The molecule has 1 aromatic carbocycles. The minimum Gasteiger partial charge on any atom is -0.338 e. The Hall–Kier alpha value is -2.57. The summed E-state index contributed by atoms with van der Waals surface area (Å²) in [5, 5.41) is 0. The lowest BCUT2D eigenvalue weighted by atomic mass is 10.1. The number of carbonyl (C=O) groups excluding carboxylic acids is 1. The normalized spacial score (nSPS) is 16.7. The molecule has 4 nitrogen and oxygen atoms in total. The zero-order valence-electron chi connectivity index (χ0n) is 13.4. The summed E-state index contributed by atoms with van der Waals surface area (Å²) < 4.78 is 41.5. The highest BCUT2D eigenvalue weighted by Crippen LogP contribution is 2.28. The van der Waals surface area contributed by atoms with Crippen LogP contribution < -0.4 is 5.56 Å². The van der Waals surface area contributed by atoms with Gasteiger partial charge in [0.15, 0.2) is 0 Å². The molecule has 7 heteroatoms. The van der Waals surface area contributed by atoms with E-state index >= 15 is 0 Å². The second-order valence-electron chi connectivity index (χ2n) is 6.09. The minimum atomic E-state index is -2.77. The van der Waals surface area contributed by atoms with Gasteiger partial charge >= 0.3 is 0 Å². The third kappa shape index (κ3) is 3.75. The molecule has 0 bridgehead atoms. The van der Waals surface area contributed by atoms with E-state index in [0.29, 0.717) is 5.56 Å². The Balaban J connectivity index is 1.83. The molecule has 1 saturated heterocycles.